The van der Waals surface area contributed by atoms with Crippen molar-refractivity contribution in [2.45, 2.75) is 26.1 Å². The van der Waals surface area contributed by atoms with Crippen LogP contribution in [0.25, 0.3) is 10.9 Å². The highest BCUT2D eigenvalue weighted by molar-refractivity contribution is 7.92. The molecule has 1 fully saturated rings. The summed E-state index contributed by atoms with van der Waals surface area (Å²) in [5.74, 6) is -1.30. The third-order valence-electron chi connectivity index (χ3n) is 6.92. The van der Waals surface area contributed by atoms with Gasteiger partial charge in [0.25, 0.3) is 5.91 Å². The minimum Gasteiger partial charge on any atom is -0.395 e. The smallest absolute Gasteiger partial charge is 0.395 e. The molecule has 0 spiro atoms. The zero-order valence-electron chi connectivity index (χ0n) is 22.7. The number of aromatic nitrogens is 1. The molecule has 41 heavy (non-hydrogen) atoms. The average molecular weight is 598 g/mol. The Kier molecular flexibility index (Phi) is 8.76. The van der Waals surface area contributed by atoms with E-state index < -0.39 is 39.7 Å². The van der Waals surface area contributed by atoms with Crippen molar-refractivity contribution in [1.29, 1.82) is 0 Å². The number of carbonyl (C=O) groups excluding carboxylic acids is 1. The van der Waals surface area contributed by atoms with E-state index in [9.17, 15) is 35.9 Å². The maximum atomic E-state index is 14.9. The maximum Gasteiger partial charge on any atom is 0.433 e. The minimum absolute atomic E-state index is 0.0154. The third-order valence-corrected chi connectivity index (χ3v) is 7.51. The number of hydrogen-bond donors (Lipinski definition) is 3. The quantitative estimate of drug-likeness (QED) is 0.340. The summed E-state index contributed by atoms with van der Waals surface area (Å²) >= 11 is 0. The number of benzene rings is 2. The maximum absolute atomic E-state index is 14.9. The lowest BCUT2D eigenvalue weighted by atomic mass is 10.0. The van der Waals surface area contributed by atoms with E-state index in [2.05, 4.69) is 15.0 Å². The van der Waals surface area contributed by atoms with E-state index in [1.54, 1.807) is 13.8 Å². The van der Waals surface area contributed by atoms with E-state index >= 15 is 0 Å². The SMILES string of the molecule is Cc1cc([C@@H](C)NC(=O)c2ccc3nc(C(F)(F)F)cc(N4CCN(CCO)CC4)c3c2)c(F)cc1NS(C)(=O)=O. The van der Waals surface area contributed by atoms with E-state index in [0.29, 0.717) is 49.4 Å². The van der Waals surface area contributed by atoms with Gasteiger partial charge in [0, 0.05) is 54.9 Å². The molecule has 9 nitrogen and oxygen atoms in total. The van der Waals surface area contributed by atoms with Crippen LogP contribution in [-0.2, 0) is 16.2 Å². The number of pyridine rings is 1. The van der Waals surface area contributed by atoms with Gasteiger partial charge < -0.3 is 15.3 Å². The van der Waals surface area contributed by atoms with Crippen molar-refractivity contribution in [3.05, 3.63) is 64.6 Å². The summed E-state index contributed by atoms with van der Waals surface area (Å²) in [5, 5.41) is 12.3. The first-order valence-corrected chi connectivity index (χ1v) is 14.7. The summed E-state index contributed by atoms with van der Waals surface area (Å²) in [4.78, 5) is 20.8. The Balaban J connectivity index is 1.63. The summed E-state index contributed by atoms with van der Waals surface area (Å²) < 4.78 is 81.2. The second-order valence-corrected chi connectivity index (χ2v) is 11.8. The van der Waals surface area contributed by atoms with Crippen LogP contribution in [0.2, 0.25) is 0 Å². The number of piperazine rings is 1. The Bertz CT molecular complexity index is 1560. The van der Waals surface area contributed by atoms with Crippen molar-refractivity contribution in [3.63, 3.8) is 0 Å². The molecule has 1 aromatic heterocycles. The normalized spacial score (nSPS) is 15.7. The Hall–Kier alpha value is -3.49. The number of amides is 1. The number of sulfonamides is 1. The predicted molar refractivity (Wildman–Crippen MR) is 148 cm³/mol. The fourth-order valence-electron chi connectivity index (χ4n) is 4.81. The van der Waals surface area contributed by atoms with Crippen LogP contribution in [0.15, 0.2) is 36.4 Å². The Morgan fingerprint density at radius 2 is 1.80 bits per heavy atom. The number of nitrogens with one attached hydrogen (secondary N) is 2. The van der Waals surface area contributed by atoms with Crippen molar-refractivity contribution in [2.24, 2.45) is 0 Å². The van der Waals surface area contributed by atoms with E-state index in [-0.39, 0.29) is 28.9 Å². The number of rotatable bonds is 8. The predicted octanol–water partition coefficient (Wildman–Crippen LogP) is 3.68. The van der Waals surface area contributed by atoms with E-state index in [1.165, 1.54) is 24.3 Å². The van der Waals surface area contributed by atoms with Crippen LogP contribution >= 0.6 is 0 Å². The average Bonchev–Trinajstić information content (AvgIpc) is 2.89. The molecule has 1 amide bonds. The second-order valence-electron chi connectivity index (χ2n) is 10.1. The van der Waals surface area contributed by atoms with Crippen LogP contribution in [-0.4, -0.2) is 74.9 Å². The van der Waals surface area contributed by atoms with Gasteiger partial charge in [0.15, 0.2) is 0 Å². The van der Waals surface area contributed by atoms with Gasteiger partial charge >= 0.3 is 6.18 Å². The molecule has 1 saturated heterocycles. The molecule has 0 radical (unpaired) electrons. The molecule has 0 unspecified atom stereocenters. The zero-order chi connectivity index (χ0) is 30.1. The van der Waals surface area contributed by atoms with Crippen molar-refractivity contribution in [3.8, 4) is 0 Å². The van der Waals surface area contributed by atoms with Gasteiger partial charge in [-0.05, 0) is 55.8 Å². The van der Waals surface area contributed by atoms with E-state index in [0.717, 1.165) is 18.4 Å². The number of halogens is 4. The number of carbonyl (C=O) groups is 1. The van der Waals surface area contributed by atoms with Gasteiger partial charge in [-0.2, -0.15) is 13.2 Å². The lowest BCUT2D eigenvalue weighted by molar-refractivity contribution is -0.140. The molecule has 14 heteroatoms. The van der Waals surface area contributed by atoms with Crippen LogP contribution in [0.3, 0.4) is 0 Å². The molecule has 222 valence electrons. The molecule has 2 heterocycles. The molecule has 3 N–H and O–H groups in total. The molecule has 1 aliphatic heterocycles. The first-order valence-electron chi connectivity index (χ1n) is 12.8. The molecular formula is C27H31F4N5O4S. The van der Waals surface area contributed by atoms with Gasteiger partial charge in [-0.25, -0.2) is 17.8 Å². The molecule has 0 aliphatic carbocycles. The fraction of sp³-hybridized carbons (Fsp3) is 0.407. The number of aliphatic hydroxyl groups is 1. The number of alkyl halides is 3. The summed E-state index contributed by atoms with van der Waals surface area (Å²) in [6.07, 6.45) is -3.71. The first-order chi connectivity index (χ1) is 19.2. The van der Waals surface area contributed by atoms with Crippen molar-refractivity contribution in [2.75, 3.05) is 55.2 Å². The van der Waals surface area contributed by atoms with Crippen LogP contribution in [0.5, 0.6) is 0 Å². The Morgan fingerprint density at radius 1 is 1.12 bits per heavy atom. The molecule has 2 aromatic carbocycles. The molecule has 1 atom stereocenters. The van der Waals surface area contributed by atoms with Crippen molar-refractivity contribution in [1.82, 2.24) is 15.2 Å². The van der Waals surface area contributed by atoms with Gasteiger partial charge in [0.2, 0.25) is 10.0 Å². The van der Waals surface area contributed by atoms with Gasteiger partial charge in [0.05, 0.1) is 30.1 Å². The Morgan fingerprint density at radius 3 is 2.41 bits per heavy atom. The molecule has 1 aliphatic rings. The fourth-order valence-corrected chi connectivity index (χ4v) is 5.43. The molecule has 0 bridgehead atoms. The van der Waals surface area contributed by atoms with Gasteiger partial charge in [-0.15, -0.1) is 0 Å². The molecule has 0 saturated carbocycles. The Labute approximate surface area is 235 Å². The van der Waals surface area contributed by atoms with Crippen LogP contribution in [0, 0.1) is 12.7 Å². The lowest BCUT2D eigenvalue weighted by Crippen LogP contribution is -2.47. The summed E-state index contributed by atoms with van der Waals surface area (Å²) in [6, 6.07) is 6.84. The molecule has 4 rings (SSSR count). The topological polar surface area (TPSA) is 115 Å². The summed E-state index contributed by atoms with van der Waals surface area (Å²) in [5.41, 5.74) is 0.152. The highest BCUT2D eigenvalue weighted by atomic mass is 32.2. The number of aliphatic hydroxyl groups excluding tert-OH is 1. The van der Waals surface area contributed by atoms with Crippen molar-refractivity contribution < 1.29 is 35.9 Å². The van der Waals surface area contributed by atoms with Crippen LogP contribution in [0.1, 0.15) is 40.1 Å². The molecule has 3 aromatic rings. The number of aryl methyl sites for hydroxylation is 1. The third kappa shape index (κ3) is 7.24. The highest BCUT2D eigenvalue weighted by Crippen LogP contribution is 2.35. The molecular weight excluding hydrogens is 566 g/mol. The number of anilines is 2. The number of β-amino-alcohol motifs (C(OH)–C–C–N with tert-alkyl or cyclic N) is 1. The zero-order valence-corrected chi connectivity index (χ0v) is 23.5. The van der Waals surface area contributed by atoms with Gasteiger partial charge in [0.1, 0.15) is 11.5 Å². The number of hydrogen-bond acceptors (Lipinski definition) is 7. The number of fused-ring (bicyclic) bond motifs is 1. The van der Waals surface area contributed by atoms with Crippen LogP contribution in [0.4, 0.5) is 28.9 Å². The van der Waals surface area contributed by atoms with E-state index in [1.807, 2.05) is 9.80 Å². The lowest BCUT2D eigenvalue weighted by Gasteiger charge is -2.36. The van der Waals surface area contributed by atoms with E-state index in [4.69, 9.17) is 0 Å². The van der Waals surface area contributed by atoms with Crippen LogP contribution < -0.4 is 14.9 Å². The standard InChI is InChI=1S/C27H31F4N5O4S/c1-16-12-19(21(28)14-23(16)34-41(3,39)40)17(2)32-26(38)18-4-5-22-20(13-18)24(15-25(33-22)27(29,30)31)36-8-6-35(7-9-36)10-11-37/h4-5,12-15,17,34,37H,6-11H2,1-3H3,(H,32,38)/t17-/m1/s1. The second kappa shape index (κ2) is 11.8. The van der Waals surface area contributed by atoms with Gasteiger partial charge in [-0.1, -0.05) is 0 Å². The monoisotopic (exact) mass is 597 g/mol. The largest absolute Gasteiger partial charge is 0.433 e. The highest BCUT2D eigenvalue weighted by Gasteiger charge is 2.34. The van der Waals surface area contributed by atoms with Crippen molar-refractivity contribution >= 4 is 38.2 Å². The number of nitrogens with zero attached hydrogens (tertiary/aromatic N) is 3. The summed E-state index contributed by atoms with van der Waals surface area (Å²) in [7, 11) is -3.62. The summed E-state index contributed by atoms with van der Waals surface area (Å²) in [6.45, 7) is 5.56. The minimum atomic E-state index is -4.66. The van der Waals surface area contributed by atoms with Gasteiger partial charge in [-0.3, -0.25) is 14.4 Å². The first kappa shape index (κ1) is 30.5.